The van der Waals surface area contributed by atoms with Crippen LogP contribution in [0, 0.1) is 11.6 Å². The van der Waals surface area contributed by atoms with Gasteiger partial charge in [-0.3, -0.25) is 0 Å². The van der Waals surface area contributed by atoms with Crippen molar-refractivity contribution in [2.75, 3.05) is 0 Å². The maximum Gasteiger partial charge on any atom is 0.159 e. The first-order chi connectivity index (χ1) is 5.52. The van der Waals surface area contributed by atoms with Gasteiger partial charge >= 0.3 is 0 Å². The van der Waals surface area contributed by atoms with E-state index in [2.05, 4.69) is 15.9 Å². The fourth-order valence-corrected chi connectivity index (χ4v) is 1.87. The van der Waals surface area contributed by atoms with Crippen LogP contribution in [0.25, 0.3) is 0 Å². The Hall–Kier alpha value is 0.140. The zero-order valence-electron chi connectivity index (χ0n) is 5.62. The summed E-state index contributed by atoms with van der Waals surface area (Å²) in [6.07, 6.45) is 0. The van der Waals surface area contributed by atoms with Crippen LogP contribution in [0.5, 0.6) is 0 Å². The lowest BCUT2D eigenvalue weighted by Gasteiger charge is -2.04. The molecule has 0 aromatic heterocycles. The van der Waals surface area contributed by atoms with Gasteiger partial charge in [-0.05, 0) is 12.1 Å². The first kappa shape index (κ1) is 10.2. The summed E-state index contributed by atoms with van der Waals surface area (Å²) in [5, 5.41) is 0. The van der Waals surface area contributed by atoms with Gasteiger partial charge in [0.05, 0.1) is 0 Å². The van der Waals surface area contributed by atoms with Crippen LogP contribution >= 0.6 is 39.1 Å². The quantitative estimate of drug-likeness (QED) is 0.532. The maximum atomic E-state index is 12.6. The van der Waals surface area contributed by atoms with Gasteiger partial charge in [-0.2, -0.15) is 0 Å². The summed E-state index contributed by atoms with van der Waals surface area (Å²) in [6.45, 7) is 0. The highest BCUT2D eigenvalue weighted by atomic mass is 79.9. The molecular formula is C7H3BrCl2F2. The monoisotopic (exact) mass is 274 g/mol. The lowest BCUT2D eigenvalue weighted by molar-refractivity contribution is 0.506. The lowest BCUT2D eigenvalue weighted by Crippen LogP contribution is -1.90. The van der Waals surface area contributed by atoms with E-state index in [1.54, 1.807) is 0 Å². The Balaban J connectivity index is 3.23. The molecule has 0 saturated carbocycles. The van der Waals surface area contributed by atoms with E-state index in [1.807, 2.05) is 0 Å². The molecule has 66 valence electrons. The number of halogens is 5. The Bertz CT molecular complexity index is 302. The van der Waals surface area contributed by atoms with E-state index in [-0.39, 0.29) is 0 Å². The van der Waals surface area contributed by atoms with Gasteiger partial charge in [-0.25, -0.2) is 8.78 Å². The summed E-state index contributed by atoms with van der Waals surface area (Å²) in [5.74, 6) is -1.89. The molecule has 0 radical (unpaired) electrons. The van der Waals surface area contributed by atoms with Crippen molar-refractivity contribution in [3.8, 4) is 0 Å². The van der Waals surface area contributed by atoms with Crippen molar-refractivity contribution in [1.82, 2.24) is 0 Å². The van der Waals surface area contributed by atoms with Crippen LogP contribution in [-0.4, -0.2) is 0 Å². The zero-order chi connectivity index (χ0) is 9.30. The topological polar surface area (TPSA) is 0 Å². The minimum absolute atomic E-state index is 0.317. The SMILES string of the molecule is Fc1cc(Br)c(C(Cl)Cl)cc1F. The van der Waals surface area contributed by atoms with Crippen LogP contribution in [0.2, 0.25) is 0 Å². The molecule has 0 amide bonds. The molecule has 0 atom stereocenters. The minimum atomic E-state index is -0.959. The number of rotatable bonds is 1. The van der Waals surface area contributed by atoms with Crippen molar-refractivity contribution in [2.45, 2.75) is 4.84 Å². The van der Waals surface area contributed by atoms with Gasteiger partial charge < -0.3 is 0 Å². The van der Waals surface area contributed by atoms with Crippen LogP contribution in [0.3, 0.4) is 0 Å². The third kappa shape index (κ3) is 2.09. The normalized spacial score (nSPS) is 10.8. The predicted octanol–water partition coefficient (Wildman–Crippen LogP) is 4.20. The van der Waals surface area contributed by atoms with E-state index >= 15 is 0 Å². The molecule has 5 heteroatoms. The van der Waals surface area contributed by atoms with E-state index in [0.29, 0.717) is 10.0 Å². The third-order valence-electron chi connectivity index (χ3n) is 1.27. The summed E-state index contributed by atoms with van der Waals surface area (Å²) in [6, 6.07) is 1.95. The highest BCUT2D eigenvalue weighted by Crippen LogP contribution is 2.32. The second-order valence-corrected chi connectivity index (χ2v) is 4.04. The maximum absolute atomic E-state index is 12.6. The molecule has 0 aliphatic rings. The Morgan fingerprint density at radius 3 is 2.17 bits per heavy atom. The van der Waals surface area contributed by atoms with Crippen molar-refractivity contribution in [3.63, 3.8) is 0 Å². The predicted molar refractivity (Wildman–Crippen MR) is 48.5 cm³/mol. The van der Waals surface area contributed by atoms with Gasteiger partial charge in [-0.15, -0.1) is 23.2 Å². The van der Waals surface area contributed by atoms with Gasteiger partial charge in [0, 0.05) is 10.0 Å². The average molecular weight is 276 g/mol. The van der Waals surface area contributed by atoms with Crippen molar-refractivity contribution < 1.29 is 8.78 Å². The van der Waals surface area contributed by atoms with Crippen molar-refractivity contribution in [3.05, 3.63) is 33.8 Å². The molecule has 0 bridgehead atoms. The van der Waals surface area contributed by atoms with Crippen molar-refractivity contribution >= 4 is 39.1 Å². The standard InChI is InChI=1S/C7H3BrCl2F2/c8-4-2-6(12)5(11)1-3(4)7(9)10/h1-2,7H. The summed E-state index contributed by atoms with van der Waals surface area (Å²) >= 11 is 14.0. The molecule has 1 aromatic carbocycles. The highest BCUT2D eigenvalue weighted by molar-refractivity contribution is 9.10. The molecule has 0 heterocycles. The van der Waals surface area contributed by atoms with Crippen LogP contribution in [-0.2, 0) is 0 Å². The van der Waals surface area contributed by atoms with Crippen LogP contribution in [0.15, 0.2) is 16.6 Å². The van der Waals surface area contributed by atoms with Crippen LogP contribution in [0.1, 0.15) is 10.4 Å². The average Bonchev–Trinajstić information content (AvgIpc) is 1.96. The number of hydrogen-bond donors (Lipinski definition) is 0. The number of hydrogen-bond acceptors (Lipinski definition) is 0. The molecule has 0 nitrogen and oxygen atoms in total. The highest BCUT2D eigenvalue weighted by Gasteiger charge is 2.12. The second-order valence-electron chi connectivity index (χ2n) is 2.09. The van der Waals surface area contributed by atoms with Crippen molar-refractivity contribution in [2.24, 2.45) is 0 Å². The smallest absolute Gasteiger partial charge is 0.159 e. The van der Waals surface area contributed by atoms with Crippen LogP contribution in [0.4, 0.5) is 8.78 Å². The molecule has 0 unspecified atom stereocenters. The molecule has 0 saturated heterocycles. The lowest BCUT2D eigenvalue weighted by atomic mass is 10.2. The summed E-state index contributed by atoms with van der Waals surface area (Å²) in [4.78, 5) is -0.866. The van der Waals surface area contributed by atoms with Gasteiger partial charge in [0.25, 0.3) is 0 Å². The Morgan fingerprint density at radius 1 is 1.17 bits per heavy atom. The largest absolute Gasteiger partial charge is 0.204 e. The Labute approximate surface area is 86.6 Å². The third-order valence-corrected chi connectivity index (χ3v) is 2.43. The first-order valence-corrected chi connectivity index (χ1v) is 4.61. The molecular weight excluding hydrogens is 273 g/mol. The van der Waals surface area contributed by atoms with E-state index in [1.165, 1.54) is 0 Å². The van der Waals surface area contributed by atoms with Gasteiger partial charge in [0.15, 0.2) is 11.6 Å². The van der Waals surface area contributed by atoms with E-state index < -0.39 is 16.5 Å². The molecule has 12 heavy (non-hydrogen) atoms. The Kier molecular flexibility index (Phi) is 3.32. The zero-order valence-corrected chi connectivity index (χ0v) is 8.72. The second kappa shape index (κ2) is 3.90. The summed E-state index contributed by atoms with van der Waals surface area (Å²) in [5.41, 5.74) is 0.317. The van der Waals surface area contributed by atoms with Crippen molar-refractivity contribution in [1.29, 1.82) is 0 Å². The molecule has 0 spiro atoms. The number of benzene rings is 1. The fraction of sp³-hybridized carbons (Fsp3) is 0.143. The van der Waals surface area contributed by atoms with Gasteiger partial charge in [0.1, 0.15) is 4.84 Å². The first-order valence-electron chi connectivity index (χ1n) is 2.95. The molecule has 0 N–H and O–H groups in total. The molecule has 0 fully saturated rings. The number of alkyl halides is 2. The van der Waals surface area contributed by atoms with Gasteiger partial charge in [-0.1, -0.05) is 15.9 Å². The molecule has 0 aliphatic heterocycles. The molecule has 1 aromatic rings. The minimum Gasteiger partial charge on any atom is -0.204 e. The van der Waals surface area contributed by atoms with E-state index in [9.17, 15) is 8.78 Å². The summed E-state index contributed by atoms with van der Waals surface area (Å²) in [7, 11) is 0. The van der Waals surface area contributed by atoms with Crippen LogP contribution < -0.4 is 0 Å². The van der Waals surface area contributed by atoms with E-state index in [4.69, 9.17) is 23.2 Å². The molecule has 1 rings (SSSR count). The summed E-state index contributed by atoms with van der Waals surface area (Å²) < 4.78 is 25.5. The molecule has 0 aliphatic carbocycles. The van der Waals surface area contributed by atoms with Gasteiger partial charge in [0.2, 0.25) is 0 Å². The fourth-order valence-electron chi connectivity index (χ4n) is 0.705. The van der Waals surface area contributed by atoms with E-state index in [0.717, 1.165) is 12.1 Å². The Morgan fingerprint density at radius 2 is 1.67 bits per heavy atom.